The first kappa shape index (κ1) is 20.7. The molecule has 0 spiro atoms. The second-order valence-corrected chi connectivity index (χ2v) is 6.51. The van der Waals surface area contributed by atoms with Crippen LogP contribution in [-0.4, -0.2) is 30.4 Å². The van der Waals surface area contributed by atoms with Gasteiger partial charge in [-0.15, -0.1) is 0 Å². The Hall–Kier alpha value is -2.57. The van der Waals surface area contributed by atoms with Gasteiger partial charge in [0.2, 0.25) is 0 Å². The van der Waals surface area contributed by atoms with Crippen LogP contribution in [0.1, 0.15) is 23.7 Å². The number of hydrogen-bond donors (Lipinski definition) is 2. The fourth-order valence-electron chi connectivity index (χ4n) is 2.07. The molecule has 2 aromatic carbocycles. The highest BCUT2D eigenvalue weighted by molar-refractivity contribution is 6.31. The minimum Gasteiger partial charge on any atom is -0.452 e. The smallest absolute Gasteiger partial charge is 0.308 e. The third-order valence-corrected chi connectivity index (χ3v) is 4.01. The van der Waals surface area contributed by atoms with Crippen LogP contribution in [-0.2, 0) is 14.3 Å². The van der Waals surface area contributed by atoms with Crippen molar-refractivity contribution in [3.05, 3.63) is 64.1 Å². The first-order chi connectivity index (χ1) is 12.8. The molecule has 2 aromatic rings. The van der Waals surface area contributed by atoms with Crippen molar-refractivity contribution in [1.82, 2.24) is 5.32 Å². The fraction of sp³-hybridized carbons (Fsp3) is 0.211. The molecule has 2 amide bonds. The topological polar surface area (TPSA) is 84.5 Å². The quantitative estimate of drug-likeness (QED) is 0.684. The van der Waals surface area contributed by atoms with Gasteiger partial charge >= 0.3 is 5.97 Å². The number of benzene rings is 2. The van der Waals surface area contributed by atoms with E-state index in [1.165, 1.54) is 6.92 Å². The van der Waals surface area contributed by atoms with Crippen LogP contribution >= 0.6 is 23.2 Å². The van der Waals surface area contributed by atoms with Gasteiger partial charge in [0.05, 0.1) is 6.42 Å². The average molecular weight is 409 g/mol. The van der Waals surface area contributed by atoms with Crippen LogP contribution < -0.4 is 10.6 Å². The van der Waals surface area contributed by atoms with Crippen molar-refractivity contribution in [2.45, 2.75) is 19.4 Å². The molecule has 2 rings (SSSR count). The number of esters is 1. The Labute approximate surface area is 166 Å². The maximum atomic E-state index is 12.0. The number of rotatable bonds is 7. The summed E-state index contributed by atoms with van der Waals surface area (Å²) in [6.45, 7) is 1.56. The van der Waals surface area contributed by atoms with Crippen LogP contribution in [0, 0.1) is 0 Å². The Morgan fingerprint density at radius 1 is 0.963 bits per heavy atom. The molecule has 0 aliphatic rings. The summed E-state index contributed by atoms with van der Waals surface area (Å²) < 4.78 is 5.07. The Morgan fingerprint density at radius 2 is 1.52 bits per heavy atom. The lowest BCUT2D eigenvalue weighted by atomic mass is 10.2. The Morgan fingerprint density at radius 3 is 2.11 bits per heavy atom. The van der Waals surface area contributed by atoms with Crippen LogP contribution in [0.4, 0.5) is 5.69 Å². The maximum absolute atomic E-state index is 12.0. The van der Waals surface area contributed by atoms with E-state index >= 15 is 0 Å². The Kier molecular flexibility index (Phi) is 7.64. The monoisotopic (exact) mass is 408 g/mol. The van der Waals surface area contributed by atoms with Crippen molar-refractivity contribution in [2.75, 3.05) is 11.9 Å². The van der Waals surface area contributed by atoms with Crippen molar-refractivity contribution in [3.63, 3.8) is 0 Å². The van der Waals surface area contributed by atoms with Gasteiger partial charge in [0.1, 0.15) is 0 Å². The number of anilines is 1. The van der Waals surface area contributed by atoms with Gasteiger partial charge in [-0.3, -0.25) is 14.4 Å². The van der Waals surface area contributed by atoms with Gasteiger partial charge < -0.3 is 15.4 Å². The summed E-state index contributed by atoms with van der Waals surface area (Å²) in [6, 6.07) is 12.9. The molecule has 8 heteroatoms. The van der Waals surface area contributed by atoms with Gasteiger partial charge in [-0.05, 0) is 55.5 Å². The summed E-state index contributed by atoms with van der Waals surface area (Å²) in [6.07, 6.45) is -1.03. The van der Waals surface area contributed by atoms with Gasteiger partial charge in [0, 0.05) is 27.8 Å². The standard InChI is InChI=1S/C19H18Cl2N2O4/c1-12(18(25)23-16-8-6-15(21)7-9-16)27-17(24)10-11-22-19(26)13-2-4-14(20)5-3-13/h2-9,12H,10-11H2,1H3,(H,22,26)(H,23,25)/t12-/m1/s1. The van der Waals surface area contributed by atoms with Crippen LogP contribution in [0.3, 0.4) is 0 Å². The number of hydrogen-bond acceptors (Lipinski definition) is 4. The second kappa shape index (κ2) is 9.94. The predicted molar refractivity (Wildman–Crippen MR) is 104 cm³/mol. The van der Waals surface area contributed by atoms with Gasteiger partial charge in [-0.25, -0.2) is 0 Å². The highest BCUT2D eigenvalue weighted by Crippen LogP contribution is 2.14. The van der Waals surface area contributed by atoms with Crippen molar-refractivity contribution in [2.24, 2.45) is 0 Å². The summed E-state index contributed by atoms with van der Waals surface area (Å²) in [5.41, 5.74) is 0.978. The summed E-state index contributed by atoms with van der Waals surface area (Å²) >= 11 is 11.5. The first-order valence-corrected chi connectivity index (χ1v) is 8.90. The lowest BCUT2D eigenvalue weighted by molar-refractivity contribution is -0.153. The lowest BCUT2D eigenvalue weighted by Crippen LogP contribution is -2.32. The van der Waals surface area contributed by atoms with E-state index in [-0.39, 0.29) is 18.9 Å². The molecule has 0 aliphatic heterocycles. The zero-order valence-electron chi connectivity index (χ0n) is 14.5. The van der Waals surface area contributed by atoms with Crippen molar-refractivity contribution >= 4 is 46.7 Å². The maximum Gasteiger partial charge on any atom is 0.308 e. The van der Waals surface area contributed by atoms with E-state index in [0.29, 0.717) is 21.3 Å². The molecule has 0 unspecified atom stereocenters. The molecule has 142 valence electrons. The summed E-state index contributed by atoms with van der Waals surface area (Å²) in [7, 11) is 0. The van der Waals surface area contributed by atoms with Crippen molar-refractivity contribution < 1.29 is 19.1 Å². The molecule has 0 radical (unpaired) electrons. The summed E-state index contributed by atoms with van der Waals surface area (Å²) in [5.74, 6) is -1.38. The van der Waals surface area contributed by atoms with Gasteiger partial charge in [0.25, 0.3) is 11.8 Å². The number of ether oxygens (including phenoxy) is 1. The average Bonchev–Trinajstić information content (AvgIpc) is 2.64. The SMILES string of the molecule is C[C@@H](OC(=O)CCNC(=O)c1ccc(Cl)cc1)C(=O)Nc1ccc(Cl)cc1. The highest BCUT2D eigenvalue weighted by Gasteiger charge is 2.18. The second-order valence-electron chi connectivity index (χ2n) is 5.64. The molecule has 0 aliphatic carbocycles. The molecule has 0 aromatic heterocycles. The van der Waals surface area contributed by atoms with E-state index < -0.39 is 18.0 Å². The summed E-state index contributed by atoms with van der Waals surface area (Å²) in [4.78, 5) is 35.8. The van der Waals surface area contributed by atoms with E-state index in [1.807, 2.05) is 0 Å². The van der Waals surface area contributed by atoms with E-state index in [2.05, 4.69) is 10.6 Å². The third kappa shape index (κ3) is 6.92. The molecule has 0 fully saturated rings. The van der Waals surface area contributed by atoms with Crippen LogP contribution in [0.2, 0.25) is 10.0 Å². The van der Waals surface area contributed by atoms with Crippen LogP contribution in [0.15, 0.2) is 48.5 Å². The van der Waals surface area contributed by atoms with Crippen molar-refractivity contribution in [3.8, 4) is 0 Å². The molecule has 0 saturated carbocycles. The third-order valence-electron chi connectivity index (χ3n) is 3.51. The molecular weight excluding hydrogens is 391 g/mol. The van der Waals surface area contributed by atoms with E-state index in [0.717, 1.165) is 0 Å². The minimum atomic E-state index is -0.972. The molecule has 0 bridgehead atoms. The molecule has 0 heterocycles. The van der Waals surface area contributed by atoms with Crippen LogP contribution in [0.5, 0.6) is 0 Å². The van der Waals surface area contributed by atoms with E-state index in [1.54, 1.807) is 48.5 Å². The predicted octanol–water partition coefficient (Wildman–Crippen LogP) is 3.68. The zero-order chi connectivity index (χ0) is 19.8. The van der Waals surface area contributed by atoms with Crippen LogP contribution in [0.25, 0.3) is 0 Å². The number of nitrogens with one attached hydrogen (secondary N) is 2. The molecular formula is C19H18Cl2N2O4. The normalized spacial score (nSPS) is 11.4. The molecule has 6 nitrogen and oxygen atoms in total. The molecule has 1 atom stereocenters. The van der Waals surface area contributed by atoms with Crippen molar-refractivity contribution in [1.29, 1.82) is 0 Å². The number of carbonyl (C=O) groups excluding carboxylic acids is 3. The van der Waals surface area contributed by atoms with E-state index in [9.17, 15) is 14.4 Å². The summed E-state index contributed by atoms with van der Waals surface area (Å²) in [5, 5.41) is 6.30. The Balaban J connectivity index is 1.72. The number of carbonyl (C=O) groups is 3. The van der Waals surface area contributed by atoms with Gasteiger partial charge in [-0.1, -0.05) is 23.2 Å². The fourth-order valence-corrected chi connectivity index (χ4v) is 2.32. The molecule has 2 N–H and O–H groups in total. The molecule has 27 heavy (non-hydrogen) atoms. The highest BCUT2D eigenvalue weighted by atomic mass is 35.5. The first-order valence-electron chi connectivity index (χ1n) is 8.15. The lowest BCUT2D eigenvalue weighted by Gasteiger charge is -2.14. The Bertz CT molecular complexity index is 807. The zero-order valence-corrected chi connectivity index (χ0v) is 16.0. The number of halogens is 2. The minimum absolute atomic E-state index is 0.0576. The number of amides is 2. The van der Waals surface area contributed by atoms with Gasteiger partial charge in [0.15, 0.2) is 6.10 Å². The van der Waals surface area contributed by atoms with E-state index in [4.69, 9.17) is 27.9 Å². The van der Waals surface area contributed by atoms with Gasteiger partial charge in [-0.2, -0.15) is 0 Å². The largest absolute Gasteiger partial charge is 0.452 e. The molecule has 0 saturated heterocycles.